The van der Waals surface area contributed by atoms with Crippen molar-refractivity contribution in [3.8, 4) is 5.69 Å². The molecule has 134 valence electrons. The molecule has 0 saturated carbocycles. The van der Waals surface area contributed by atoms with Gasteiger partial charge >= 0.3 is 6.09 Å². The highest BCUT2D eigenvalue weighted by molar-refractivity contribution is 5.98. The van der Waals surface area contributed by atoms with Crippen molar-refractivity contribution in [3.63, 3.8) is 0 Å². The van der Waals surface area contributed by atoms with E-state index in [4.69, 9.17) is 0 Å². The molecule has 0 fully saturated rings. The highest BCUT2D eigenvalue weighted by Gasteiger charge is 2.22. The van der Waals surface area contributed by atoms with Gasteiger partial charge in [-0.1, -0.05) is 30.3 Å². The van der Waals surface area contributed by atoms with Crippen molar-refractivity contribution < 1.29 is 15.0 Å². The van der Waals surface area contributed by atoms with Crippen LogP contribution >= 0.6 is 0 Å². The molecule has 0 unspecified atom stereocenters. The van der Waals surface area contributed by atoms with E-state index >= 15 is 0 Å². The zero-order chi connectivity index (χ0) is 18.8. The molecule has 7 heteroatoms. The first-order valence-corrected chi connectivity index (χ1v) is 8.30. The number of rotatable bonds is 4. The third kappa shape index (κ3) is 3.00. The number of anilines is 2. The average Bonchev–Trinajstić information content (AvgIpc) is 3.17. The fourth-order valence-electron chi connectivity index (χ4n) is 3.03. The number of nitrogens with zero attached hydrogens (tertiary/aromatic N) is 4. The van der Waals surface area contributed by atoms with Gasteiger partial charge in [-0.2, -0.15) is 5.10 Å². The molecule has 0 bridgehead atoms. The molecule has 2 aromatic heterocycles. The first-order chi connectivity index (χ1) is 13.2. The Kier molecular flexibility index (Phi) is 4.27. The van der Waals surface area contributed by atoms with Crippen LogP contribution in [0.25, 0.3) is 16.6 Å². The summed E-state index contributed by atoms with van der Waals surface area (Å²) in [5.74, 6) is 0. The van der Waals surface area contributed by atoms with E-state index in [1.165, 1.54) is 10.9 Å². The molecule has 0 aliphatic carbocycles. The summed E-state index contributed by atoms with van der Waals surface area (Å²) in [5.41, 5.74) is 2.73. The molecule has 4 aromatic rings. The third-order valence-electron chi connectivity index (χ3n) is 4.26. The van der Waals surface area contributed by atoms with Gasteiger partial charge in [-0.25, -0.2) is 14.4 Å². The highest BCUT2D eigenvalue weighted by atomic mass is 16.4. The van der Waals surface area contributed by atoms with Gasteiger partial charge in [0.2, 0.25) is 0 Å². The molecule has 2 aromatic carbocycles. The Morgan fingerprint density at radius 1 is 1.07 bits per heavy atom. The van der Waals surface area contributed by atoms with Gasteiger partial charge in [-0.05, 0) is 30.3 Å². The molecule has 4 rings (SSSR count). The summed E-state index contributed by atoms with van der Waals surface area (Å²) < 4.78 is 1.53. The standard InChI is InChI=1S/C20H16N4O3/c25-13-15-9-10-22-24(15)19-8-4-3-7-18(19)23(20(26)27)16-11-14-5-1-2-6-17(14)21-12-16/h1-12,25H,13H2,(H,26,27). The molecular weight excluding hydrogens is 344 g/mol. The largest absolute Gasteiger partial charge is 0.464 e. The molecule has 1 amide bonds. The predicted molar refractivity (Wildman–Crippen MR) is 101 cm³/mol. The van der Waals surface area contributed by atoms with Gasteiger partial charge in [0.1, 0.15) is 0 Å². The van der Waals surface area contributed by atoms with Gasteiger partial charge in [0.05, 0.1) is 41.1 Å². The molecule has 7 nitrogen and oxygen atoms in total. The van der Waals surface area contributed by atoms with Gasteiger partial charge in [-0.15, -0.1) is 0 Å². The molecule has 0 saturated heterocycles. The number of fused-ring (bicyclic) bond motifs is 1. The van der Waals surface area contributed by atoms with E-state index in [2.05, 4.69) is 10.1 Å². The van der Waals surface area contributed by atoms with Crippen molar-refractivity contribution in [1.29, 1.82) is 0 Å². The SMILES string of the molecule is O=C(O)N(c1cnc2ccccc2c1)c1ccccc1-n1nccc1CO. The van der Waals surface area contributed by atoms with Gasteiger partial charge in [0, 0.05) is 11.6 Å². The van der Waals surface area contributed by atoms with Crippen LogP contribution < -0.4 is 4.90 Å². The number of aliphatic hydroxyl groups is 1. The van der Waals surface area contributed by atoms with Crippen LogP contribution in [0.2, 0.25) is 0 Å². The lowest BCUT2D eigenvalue weighted by Gasteiger charge is -2.23. The van der Waals surface area contributed by atoms with Crippen LogP contribution in [0, 0.1) is 0 Å². The Balaban J connectivity index is 1.89. The zero-order valence-corrected chi connectivity index (χ0v) is 14.2. The number of carboxylic acid groups (broad SMARTS) is 1. The van der Waals surface area contributed by atoms with Gasteiger partial charge < -0.3 is 10.2 Å². The number of benzene rings is 2. The fourth-order valence-corrected chi connectivity index (χ4v) is 3.03. The van der Waals surface area contributed by atoms with Crippen molar-refractivity contribution >= 4 is 28.4 Å². The van der Waals surface area contributed by atoms with Gasteiger partial charge in [0.25, 0.3) is 0 Å². The summed E-state index contributed by atoms with van der Waals surface area (Å²) in [6, 6.07) is 18.0. The van der Waals surface area contributed by atoms with E-state index < -0.39 is 6.09 Å². The molecule has 0 aliphatic heterocycles. The summed E-state index contributed by atoms with van der Waals surface area (Å²) >= 11 is 0. The van der Waals surface area contributed by atoms with E-state index in [1.807, 2.05) is 24.3 Å². The minimum atomic E-state index is -1.14. The topological polar surface area (TPSA) is 91.5 Å². The number of pyridine rings is 1. The van der Waals surface area contributed by atoms with Crippen molar-refractivity contribution in [2.75, 3.05) is 4.90 Å². The lowest BCUT2D eigenvalue weighted by atomic mass is 10.2. The number of aromatic nitrogens is 3. The average molecular weight is 360 g/mol. The predicted octanol–water partition coefficient (Wildman–Crippen LogP) is 3.73. The number of amides is 1. The molecular formula is C20H16N4O3. The molecule has 27 heavy (non-hydrogen) atoms. The summed E-state index contributed by atoms with van der Waals surface area (Å²) in [6.45, 7) is -0.209. The number of hydrogen-bond acceptors (Lipinski definition) is 4. The smallest absolute Gasteiger partial charge is 0.416 e. The molecule has 0 atom stereocenters. The lowest BCUT2D eigenvalue weighted by Crippen LogP contribution is -2.25. The molecule has 0 aliphatic rings. The van der Waals surface area contributed by atoms with Crippen LogP contribution in [0.15, 0.2) is 73.1 Å². The van der Waals surface area contributed by atoms with Crippen LogP contribution in [0.1, 0.15) is 5.69 Å². The molecule has 2 heterocycles. The molecule has 0 radical (unpaired) electrons. The maximum absolute atomic E-state index is 12.1. The number of para-hydroxylation sites is 3. The Hall–Kier alpha value is -3.71. The van der Waals surface area contributed by atoms with E-state index in [1.54, 1.807) is 42.6 Å². The van der Waals surface area contributed by atoms with E-state index in [-0.39, 0.29) is 6.61 Å². The van der Waals surface area contributed by atoms with Crippen molar-refractivity contribution in [3.05, 3.63) is 78.8 Å². The minimum absolute atomic E-state index is 0.209. The van der Waals surface area contributed by atoms with Crippen molar-refractivity contribution in [1.82, 2.24) is 14.8 Å². The quantitative estimate of drug-likeness (QED) is 0.579. The highest BCUT2D eigenvalue weighted by Crippen LogP contribution is 2.32. The number of hydrogen-bond donors (Lipinski definition) is 2. The number of carbonyl (C=O) groups is 1. The summed E-state index contributed by atoms with van der Waals surface area (Å²) in [7, 11) is 0. The first-order valence-electron chi connectivity index (χ1n) is 8.30. The van der Waals surface area contributed by atoms with Crippen LogP contribution in [0.5, 0.6) is 0 Å². The second-order valence-electron chi connectivity index (χ2n) is 5.89. The fraction of sp³-hybridized carbons (Fsp3) is 0.0500. The summed E-state index contributed by atoms with van der Waals surface area (Å²) in [5, 5.41) is 24.5. The Morgan fingerprint density at radius 3 is 2.67 bits per heavy atom. The monoisotopic (exact) mass is 360 g/mol. The molecule has 2 N–H and O–H groups in total. The van der Waals surface area contributed by atoms with Crippen LogP contribution in [-0.2, 0) is 6.61 Å². The Morgan fingerprint density at radius 2 is 1.85 bits per heavy atom. The maximum atomic E-state index is 12.1. The van der Waals surface area contributed by atoms with Crippen molar-refractivity contribution in [2.24, 2.45) is 0 Å². The second-order valence-corrected chi connectivity index (χ2v) is 5.89. The van der Waals surface area contributed by atoms with Crippen LogP contribution in [-0.4, -0.2) is 31.1 Å². The first kappa shape index (κ1) is 16.7. The van der Waals surface area contributed by atoms with Crippen molar-refractivity contribution in [2.45, 2.75) is 6.61 Å². The number of aliphatic hydroxyl groups excluding tert-OH is 1. The van der Waals surface area contributed by atoms with Crippen LogP contribution in [0.4, 0.5) is 16.2 Å². The van der Waals surface area contributed by atoms with Gasteiger partial charge in [-0.3, -0.25) is 4.98 Å². The van der Waals surface area contributed by atoms with E-state index in [0.29, 0.717) is 22.8 Å². The minimum Gasteiger partial charge on any atom is -0.464 e. The third-order valence-corrected chi connectivity index (χ3v) is 4.26. The molecule has 0 spiro atoms. The maximum Gasteiger partial charge on any atom is 0.416 e. The summed E-state index contributed by atoms with van der Waals surface area (Å²) in [6.07, 6.45) is 1.95. The normalized spacial score (nSPS) is 10.9. The summed E-state index contributed by atoms with van der Waals surface area (Å²) in [4.78, 5) is 17.7. The van der Waals surface area contributed by atoms with E-state index in [9.17, 15) is 15.0 Å². The second kappa shape index (κ2) is 6.89. The van der Waals surface area contributed by atoms with Gasteiger partial charge in [0.15, 0.2) is 0 Å². The van der Waals surface area contributed by atoms with Crippen LogP contribution in [0.3, 0.4) is 0 Å². The van der Waals surface area contributed by atoms with E-state index in [0.717, 1.165) is 15.8 Å². The lowest BCUT2D eigenvalue weighted by molar-refractivity contribution is 0.204. The Bertz CT molecular complexity index is 1120. The Labute approximate surface area is 154 Å². The zero-order valence-electron chi connectivity index (χ0n) is 14.2.